The van der Waals surface area contributed by atoms with Crippen molar-refractivity contribution in [3.63, 3.8) is 0 Å². The van der Waals surface area contributed by atoms with Gasteiger partial charge in [-0.3, -0.25) is 0 Å². The molecule has 0 unspecified atom stereocenters. The van der Waals surface area contributed by atoms with Gasteiger partial charge in [0.1, 0.15) is 5.82 Å². The van der Waals surface area contributed by atoms with Crippen molar-refractivity contribution in [1.29, 1.82) is 0 Å². The summed E-state index contributed by atoms with van der Waals surface area (Å²) in [5.74, 6) is 6.35. The second kappa shape index (κ2) is 9.67. The normalized spacial score (nSPS) is 12.8. The van der Waals surface area contributed by atoms with E-state index in [0.717, 1.165) is 18.7 Å². The molecule has 100 valence electrons. The summed E-state index contributed by atoms with van der Waals surface area (Å²) in [7, 11) is 0. The fourth-order valence-corrected chi connectivity index (χ4v) is 1.25. The van der Waals surface area contributed by atoms with Gasteiger partial charge in [0.25, 0.3) is 0 Å². The van der Waals surface area contributed by atoms with Gasteiger partial charge in [0.15, 0.2) is 0 Å². The topological polar surface area (TPSA) is 12.0 Å². The summed E-state index contributed by atoms with van der Waals surface area (Å²) in [5.41, 5.74) is 1.43. The van der Waals surface area contributed by atoms with Crippen LogP contribution >= 0.6 is 0 Å². The highest BCUT2D eigenvalue weighted by atomic mass is 19.1. The van der Waals surface area contributed by atoms with Crippen LogP contribution in [0.25, 0.3) is 0 Å². The molecule has 1 aliphatic rings. The van der Waals surface area contributed by atoms with Crippen molar-refractivity contribution >= 4 is 0 Å². The monoisotopic (exact) mass is 249 g/mol. The van der Waals surface area contributed by atoms with Gasteiger partial charge in [-0.1, -0.05) is 45.6 Å². The molecule has 1 fully saturated rings. The Hall–Kier alpha value is -1.33. The highest BCUT2D eigenvalue weighted by molar-refractivity contribution is 5.37. The number of rotatable bonds is 0. The molecule has 0 saturated carbocycles. The lowest BCUT2D eigenvalue weighted by Gasteiger charge is -2.21. The SMILES string of the molecule is CC.CC.Cc1ccc(C#CC2CNC2)cc1F. The average molecular weight is 249 g/mol. The molecule has 2 rings (SSSR count). The van der Waals surface area contributed by atoms with Crippen LogP contribution in [0, 0.1) is 30.5 Å². The van der Waals surface area contributed by atoms with Crippen molar-refractivity contribution in [3.8, 4) is 11.8 Å². The largest absolute Gasteiger partial charge is 0.314 e. The van der Waals surface area contributed by atoms with Gasteiger partial charge in [-0.15, -0.1) is 0 Å². The van der Waals surface area contributed by atoms with E-state index in [1.165, 1.54) is 6.07 Å². The quantitative estimate of drug-likeness (QED) is 0.690. The van der Waals surface area contributed by atoms with Crippen LogP contribution in [0.15, 0.2) is 18.2 Å². The fourth-order valence-electron chi connectivity index (χ4n) is 1.25. The average Bonchev–Trinajstić information content (AvgIpc) is 2.37. The molecule has 1 nitrogen and oxygen atoms in total. The molecule has 0 aromatic heterocycles. The van der Waals surface area contributed by atoms with E-state index in [-0.39, 0.29) is 5.82 Å². The van der Waals surface area contributed by atoms with Crippen LogP contribution < -0.4 is 5.32 Å². The standard InChI is InChI=1S/C12H12FN.2C2H6/c1-9-2-3-10(6-12(9)13)4-5-11-7-14-8-11;2*1-2/h2-3,6,11,14H,7-8H2,1H3;2*1-2H3. The predicted molar refractivity (Wildman–Crippen MR) is 77.1 cm³/mol. The van der Waals surface area contributed by atoms with Crippen LogP contribution in [0.5, 0.6) is 0 Å². The molecule has 18 heavy (non-hydrogen) atoms. The van der Waals surface area contributed by atoms with Gasteiger partial charge in [0.05, 0.1) is 0 Å². The Morgan fingerprint density at radius 3 is 2.22 bits per heavy atom. The predicted octanol–water partition coefficient (Wildman–Crippen LogP) is 3.76. The highest BCUT2D eigenvalue weighted by Crippen LogP contribution is 2.08. The maximum atomic E-state index is 13.1. The molecule has 0 atom stereocenters. The van der Waals surface area contributed by atoms with Crippen molar-refractivity contribution in [3.05, 3.63) is 35.1 Å². The van der Waals surface area contributed by atoms with Gasteiger partial charge in [-0.05, 0) is 24.6 Å². The molecule has 2 heteroatoms. The first-order valence-corrected chi connectivity index (χ1v) is 6.74. The van der Waals surface area contributed by atoms with E-state index in [0.29, 0.717) is 11.5 Å². The number of nitrogens with one attached hydrogen (secondary N) is 1. The highest BCUT2D eigenvalue weighted by Gasteiger charge is 2.12. The van der Waals surface area contributed by atoms with Gasteiger partial charge < -0.3 is 5.32 Å². The summed E-state index contributed by atoms with van der Waals surface area (Å²) in [6, 6.07) is 5.12. The Morgan fingerprint density at radius 1 is 1.17 bits per heavy atom. The number of hydrogen-bond acceptors (Lipinski definition) is 1. The second-order valence-corrected chi connectivity index (χ2v) is 3.59. The third-order valence-electron chi connectivity index (χ3n) is 2.37. The number of hydrogen-bond donors (Lipinski definition) is 1. The Balaban J connectivity index is 0.000000659. The van der Waals surface area contributed by atoms with Gasteiger partial charge in [-0.2, -0.15) is 0 Å². The Morgan fingerprint density at radius 2 is 1.78 bits per heavy atom. The molecule has 0 amide bonds. The van der Waals surface area contributed by atoms with E-state index in [9.17, 15) is 4.39 Å². The lowest BCUT2D eigenvalue weighted by Crippen LogP contribution is -2.40. The van der Waals surface area contributed by atoms with Crippen molar-refractivity contribution < 1.29 is 4.39 Å². The lowest BCUT2D eigenvalue weighted by molar-refractivity contribution is 0.432. The first-order valence-electron chi connectivity index (χ1n) is 6.74. The van der Waals surface area contributed by atoms with Crippen molar-refractivity contribution in [1.82, 2.24) is 5.32 Å². The van der Waals surface area contributed by atoms with Crippen molar-refractivity contribution in [2.75, 3.05) is 13.1 Å². The fraction of sp³-hybridized carbons (Fsp3) is 0.500. The minimum absolute atomic E-state index is 0.177. The Bertz CT molecular complexity index is 397. The molecule has 0 spiro atoms. The van der Waals surface area contributed by atoms with E-state index in [1.54, 1.807) is 13.0 Å². The zero-order chi connectivity index (χ0) is 14.0. The lowest BCUT2D eigenvalue weighted by atomic mass is 10.0. The minimum atomic E-state index is -0.177. The van der Waals surface area contributed by atoms with Gasteiger partial charge in [0, 0.05) is 24.6 Å². The molecule has 0 aliphatic carbocycles. The summed E-state index contributed by atoms with van der Waals surface area (Å²) in [4.78, 5) is 0. The Labute approximate surface area is 111 Å². The summed E-state index contributed by atoms with van der Waals surface area (Å²) in [6.07, 6.45) is 0. The molecule has 0 bridgehead atoms. The van der Waals surface area contributed by atoms with E-state index in [2.05, 4.69) is 17.2 Å². The number of halogens is 1. The number of aryl methyl sites for hydroxylation is 1. The molecule has 1 aromatic rings. The van der Waals surface area contributed by atoms with Crippen LogP contribution in [0.4, 0.5) is 4.39 Å². The summed E-state index contributed by atoms with van der Waals surface area (Å²) >= 11 is 0. The van der Waals surface area contributed by atoms with Crippen LogP contribution in [0.3, 0.4) is 0 Å². The van der Waals surface area contributed by atoms with Gasteiger partial charge in [0.2, 0.25) is 0 Å². The van der Waals surface area contributed by atoms with Crippen molar-refractivity contribution in [2.24, 2.45) is 5.92 Å². The minimum Gasteiger partial charge on any atom is -0.314 e. The van der Waals surface area contributed by atoms with E-state index < -0.39 is 0 Å². The van der Waals surface area contributed by atoms with E-state index in [1.807, 2.05) is 33.8 Å². The number of benzene rings is 1. The van der Waals surface area contributed by atoms with Crippen LogP contribution in [0.1, 0.15) is 38.8 Å². The molecule has 1 heterocycles. The van der Waals surface area contributed by atoms with Gasteiger partial charge in [-0.25, -0.2) is 4.39 Å². The van der Waals surface area contributed by atoms with E-state index in [4.69, 9.17) is 0 Å². The maximum Gasteiger partial charge on any atom is 0.127 e. The molecular formula is C16H24FN. The summed E-state index contributed by atoms with van der Waals surface area (Å²) in [5, 5.41) is 3.14. The third-order valence-corrected chi connectivity index (χ3v) is 2.37. The molecule has 1 saturated heterocycles. The third kappa shape index (κ3) is 5.33. The van der Waals surface area contributed by atoms with Crippen molar-refractivity contribution in [2.45, 2.75) is 34.6 Å². The van der Waals surface area contributed by atoms with Crippen LogP contribution in [0.2, 0.25) is 0 Å². The first kappa shape index (κ1) is 16.7. The smallest absolute Gasteiger partial charge is 0.127 e. The summed E-state index contributed by atoms with van der Waals surface area (Å²) < 4.78 is 13.1. The molecule has 0 radical (unpaired) electrons. The second-order valence-electron chi connectivity index (χ2n) is 3.59. The molecule has 1 aromatic carbocycles. The Kier molecular flexibility index (Phi) is 8.96. The van der Waals surface area contributed by atoms with Gasteiger partial charge >= 0.3 is 0 Å². The maximum absolute atomic E-state index is 13.1. The zero-order valence-electron chi connectivity index (χ0n) is 12.1. The molecular weight excluding hydrogens is 225 g/mol. The summed E-state index contributed by atoms with van der Waals surface area (Å²) in [6.45, 7) is 11.7. The van der Waals surface area contributed by atoms with Crippen LogP contribution in [-0.4, -0.2) is 13.1 Å². The van der Waals surface area contributed by atoms with Crippen LogP contribution in [-0.2, 0) is 0 Å². The zero-order valence-corrected chi connectivity index (χ0v) is 12.1. The first-order chi connectivity index (χ1) is 8.75. The molecule has 1 aliphatic heterocycles. The van der Waals surface area contributed by atoms with E-state index >= 15 is 0 Å². The molecule has 1 N–H and O–H groups in total.